The molecule has 0 radical (unpaired) electrons. The zero-order valence-corrected chi connectivity index (χ0v) is 15.1. The molecule has 3 heteroatoms. The first-order valence-corrected chi connectivity index (χ1v) is 9.51. The van der Waals surface area contributed by atoms with E-state index in [1.54, 1.807) is 0 Å². The van der Waals surface area contributed by atoms with Crippen LogP contribution >= 0.6 is 0 Å². The van der Waals surface area contributed by atoms with Crippen LogP contribution in [0.25, 0.3) is 0 Å². The van der Waals surface area contributed by atoms with Crippen LogP contribution in [0.1, 0.15) is 74.8 Å². The van der Waals surface area contributed by atoms with E-state index in [9.17, 15) is 9.59 Å². The Morgan fingerprint density at radius 2 is 1.92 bits per heavy atom. The first-order valence-electron chi connectivity index (χ1n) is 10.5. The first kappa shape index (κ1) is 14.1. The van der Waals surface area contributed by atoms with Crippen molar-refractivity contribution in [2.24, 2.45) is 28.6 Å². The molecule has 4 aliphatic rings. The summed E-state index contributed by atoms with van der Waals surface area (Å²) in [6, 6.07) is 0. The van der Waals surface area contributed by atoms with Crippen molar-refractivity contribution >= 4 is 11.8 Å². The molecule has 0 aliphatic heterocycles. The molecular formula is C21H30O3. The second kappa shape index (κ2) is 5.44. The van der Waals surface area contributed by atoms with Gasteiger partial charge >= 0.3 is 5.97 Å². The standard InChI is InChI=1S/C21H30O3/c1-13(22)24-15-8-10-20(2)14(12-15)4-5-16-17-6-7-19(23)21(17,3)11-9-18(16)20/h4,15-18H,5-12H2,1-3H3/t15-,16-,17-,18-,20-,21-/m0/s1/i5D2. The lowest BCUT2D eigenvalue weighted by Crippen LogP contribution is -2.50. The van der Waals surface area contributed by atoms with Crippen LogP contribution in [-0.2, 0) is 14.3 Å². The van der Waals surface area contributed by atoms with Crippen molar-refractivity contribution in [1.29, 1.82) is 0 Å². The topological polar surface area (TPSA) is 43.4 Å². The average Bonchev–Trinajstić information content (AvgIpc) is 2.84. The van der Waals surface area contributed by atoms with Crippen LogP contribution in [0, 0.1) is 28.6 Å². The van der Waals surface area contributed by atoms with Crippen LogP contribution in [0.2, 0.25) is 0 Å². The fraction of sp³-hybridized carbons (Fsp3) is 0.810. The number of hydrogen-bond acceptors (Lipinski definition) is 3. The number of Topliss-reactive ketones (excluding diaryl/α,β-unsaturated/α-hetero) is 1. The largest absolute Gasteiger partial charge is 0.462 e. The number of hydrogen-bond donors (Lipinski definition) is 0. The molecule has 0 amide bonds. The molecule has 0 heterocycles. The SMILES string of the molecule is [2H]C1([2H])C=C2C[C@@H](OC(C)=O)CC[C@]2(C)[C@H]2CC[C@]3(C)C(=O)CC[C@H]3[C@@H]21. The van der Waals surface area contributed by atoms with Gasteiger partial charge in [-0.25, -0.2) is 0 Å². The van der Waals surface area contributed by atoms with E-state index in [1.165, 1.54) is 6.92 Å². The van der Waals surface area contributed by atoms with Gasteiger partial charge in [-0.1, -0.05) is 25.5 Å². The normalized spacial score (nSPS) is 50.6. The van der Waals surface area contributed by atoms with E-state index in [0.29, 0.717) is 18.6 Å². The molecule has 0 aromatic heterocycles. The molecule has 132 valence electrons. The van der Waals surface area contributed by atoms with Gasteiger partial charge < -0.3 is 4.74 Å². The van der Waals surface area contributed by atoms with E-state index in [0.717, 1.165) is 37.7 Å². The third-order valence-corrected chi connectivity index (χ3v) is 7.75. The fourth-order valence-electron chi connectivity index (χ4n) is 6.24. The van der Waals surface area contributed by atoms with Gasteiger partial charge in [0.2, 0.25) is 0 Å². The smallest absolute Gasteiger partial charge is 0.302 e. The highest BCUT2D eigenvalue weighted by Gasteiger charge is 2.58. The number of rotatable bonds is 1. The minimum atomic E-state index is -1.39. The Balaban J connectivity index is 1.71. The highest BCUT2D eigenvalue weighted by molar-refractivity contribution is 5.87. The fourth-order valence-corrected chi connectivity index (χ4v) is 6.24. The maximum absolute atomic E-state index is 12.5. The average molecular weight is 332 g/mol. The maximum atomic E-state index is 12.5. The predicted octanol–water partition coefficient (Wildman–Crippen LogP) is 4.45. The summed E-state index contributed by atoms with van der Waals surface area (Å²) in [6.45, 7) is 5.81. The van der Waals surface area contributed by atoms with E-state index in [4.69, 9.17) is 7.48 Å². The lowest BCUT2D eigenvalue weighted by molar-refractivity contribution is -0.148. The van der Waals surface area contributed by atoms with Gasteiger partial charge in [-0.15, -0.1) is 0 Å². The summed E-state index contributed by atoms with van der Waals surface area (Å²) in [5.74, 6) is 0.445. The minimum Gasteiger partial charge on any atom is -0.462 e. The van der Waals surface area contributed by atoms with Crippen molar-refractivity contribution in [2.75, 3.05) is 0 Å². The van der Waals surface area contributed by atoms with Gasteiger partial charge in [0.25, 0.3) is 0 Å². The Morgan fingerprint density at radius 1 is 1.21 bits per heavy atom. The van der Waals surface area contributed by atoms with E-state index >= 15 is 0 Å². The zero-order chi connectivity index (χ0) is 18.9. The molecule has 0 N–H and O–H groups in total. The highest BCUT2D eigenvalue weighted by atomic mass is 16.5. The summed E-state index contributed by atoms with van der Waals surface area (Å²) in [4.78, 5) is 23.9. The quantitative estimate of drug-likeness (QED) is 0.526. The Morgan fingerprint density at radius 3 is 2.67 bits per heavy atom. The van der Waals surface area contributed by atoms with Crippen LogP contribution in [0.15, 0.2) is 11.6 Å². The van der Waals surface area contributed by atoms with Crippen LogP contribution in [0.5, 0.6) is 0 Å². The van der Waals surface area contributed by atoms with Gasteiger partial charge in [0.1, 0.15) is 11.9 Å². The molecule has 0 bridgehead atoms. The Bertz CT molecular complexity index is 685. The predicted molar refractivity (Wildman–Crippen MR) is 92.3 cm³/mol. The number of ether oxygens (including phenoxy) is 1. The van der Waals surface area contributed by atoms with Gasteiger partial charge in [0.15, 0.2) is 0 Å². The van der Waals surface area contributed by atoms with Gasteiger partial charge in [-0.2, -0.15) is 0 Å². The Hall–Kier alpha value is -1.12. The summed E-state index contributed by atoms with van der Waals surface area (Å²) in [5, 5.41) is 0. The molecule has 3 saturated carbocycles. The molecule has 4 rings (SSSR count). The number of esters is 1. The zero-order valence-electron chi connectivity index (χ0n) is 17.1. The third-order valence-electron chi connectivity index (χ3n) is 7.75. The number of carbonyl (C=O) groups excluding carboxylic acids is 2. The van der Waals surface area contributed by atoms with E-state index in [2.05, 4.69) is 13.8 Å². The molecule has 24 heavy (non-hydrogen) atoms. The monoisotopic (exact) mass is 332 g/mol. The van der Waals surface area contributed by atoms with E-state index in [-0.39, 0.29) is 40.7 Å². The second-order valence-electron chi connectivity index (χ2n) is 8.88. The Labute approximate surface area is 148 Å². The van der Waals surface area contributed by atoms with Crippen LogP contribution < -0.4 is 0 Å². The van der Waals surface area contributed by atoms with Crippen molar-refractivity contribution in [3.8, 4) is 0 Å². The summed E-state index contributed by atoms with van der Waals surface area (Å²) in [5.41, 5.74) is 0.777. The molecule has 4 aliphatic carbocycles. The molecule has 0 spiro atoms. The first-order chi connectivity index (χ1) is 12.1. The van der Waals surface area contributed by atoms with Crippen molar-refractivity contribution < 1.29 is 17.1 Å². The van der Waals surface area contributed by atoms with Crippen LogP contribution in [0.3, 0.4) is 0 Å². The number of fused-ring (bicyclic) bond motifs is 5. The molecule has 0 aromatic rings. The lowest BCUT2D eigenvalue weighted by atomic mass is 9.48. The summed E-state index contributed by atoms with van der Waals surface area (Å²) in [6.07, 6.45) is 6.03. The number of allylic oxidation sites excluding steroid dienone is 1. The molecule has 0 aromatic carbocycles. The molecule has 0 saturated heterocycles. The van der Waals surface area contributed by atoms with E-state index in [1.807, 2.05) is 6.08 Å². The summed E-state index contributed by atoms with van der Waals surface area (Å²) < 4.78 is 23.1. The van der Waals surface area contributed by atoms with Crippen molar-refractivity contribution in [3.63, 3.8) is 0 Å². The Kier molecular flexibility index (Phi) is 3.19. The summed E-state index contributed by atoms with van der Waals surface area (Å²) in [7, 11) is 0. The molecule has 3 fully saturated rings. The van der Waals surface area contributed by atoms with Crippen molar-refractivity contribution in [3.05, 3.63) is 11.6 Å². The van der Waals surface area contributed by atoms with E-state index < -0.39 is 6.37 Å². The van der Waals surface area contributed by atoms with Crippen molar-refractivity contribution in [1.82, 2.24) is 0 Å². The van der Waals surface area contributed by atoms with Crippen LogP contribution in [-0.4, -0.2) is 17.9 Å². The highest BCUT2D eigenvalue weighted by Crippen LogP contribution is 2.64. The molecular weight excluding hydrogens is 300 g/mol. The summed E-state index contributed by atoms with van der Waals surface area (Å²) >= 11 is 0. The third kappa shape index (κ3) is 2.23. The molecule has 3 nitrogen and oxygen atoms in total. The number of ketones is 1. The van der Waals surface area contributed by atoms with Gasteiger partial charge in [-0.05, 0) is 61.6 Å². The van der Waals surface area contributed by atoms with Gasteiger partial charge in [0, 0.05) is 27.9 Å². The van der Waals surface area contributed by atoms with Gasteiger partial charge in [0.05, 0.1) is 0 Å². The second-order valence-corrected chi connectivity index (χ2v) is 8.88. The van der Waals surface area contributed by atoms with Crippen LogP contribution in [0.4, 0.5) is 0 Å². The minimum absolute atomic E-state index is 0.0279. The number of carbonyl (C=O) groups is 2. The maximum Gasteiger partial charge on any atom is 0.302 e. The van der Waals surface area contributed by atoms with Gasteiger partial charge in [-0.3, -0.25) is 9.59 Å². The molecule has 6 atom stereocenters. The molecule has 0 unspecified atom stereocenters. The lowest BCUT2D eigenvalue weighted by Gasteiger charge is -2.56. The van der Waals surface area contributed by atoms with Crippen molar-refractivity contribution in [2.45, 2.75) is 78.2 Å².